The highest BCUT2D eigenvalue weighted by Gasteiger charge is 2.32. The van der Waals surface area contributed by atoms with Crippen molar-refractivity contribution in [1.29, 1.82) is 0 Å². The first-order valence-corrected chi connectivity index (χ1v) is 8.49. The number of nitrogens with zero attached hydrogens (tertiary/aromatic N) is 4. The Hall–Kier alpha value is -2.91. The van der Waals surface area contributed by atoms with Crippen molar-refractivity contribution in [3.8, 4) is 0 Å². The molecule has 7 nitrogen and oxygen atoms in total. The second kappa shape index (κ2) is 7.77. The highest BCUT2D eigenvalue weighted by molar-refractivity contribution is 5.90. The minimum Gasteiger partial charge on any atom is -0.355 e. The minimum absolute atomic E-state index is 0.0532. The van der Waals surface area contributed by atoms with Gasteiger partial charge in [-0.25, -0.2) is 4.68 Å². The molecule has 2 aromatic rings. The summed E-state index contributed by atoms with van der Waals surface area (Å²) >= 11 is 0. The lowest BCUT2D eigenvalue weighted by molar-refractivity contribution is -0.141. The van der Waals surface area contributed by atoms with Gasteiger partial charge in [0.15, 0.2) is 0 Å². The van der Waals surface area contributed by atoms with E-state index in [9.17, 15) is 22.8 Å². The molecule has 1 N–H and O–H groups in total. The predicted octanol–water partition coefficient (Wildman–Crippen LogP) is 2.29. The summed E-state index contributed by atoms with van der Waals surface area (Å²) in [6.45, 7) is 1.26. The van der Waals surface area contributed by atoms with E-state index in [0.29, 0.717) is 5.82 Å². The van der Waals surface area contributed by atoms with Crippen LogP contribution in [-0.2, 0) is 17.5 Å². The molecule has 2 aromatic heterocycles. The molecule has 0 aromatic carbocycles. The zero-order valence-electron chi connectivity index (χ0n) is 14.4. The van der Waals surface area contributed by atoms with Crippen molar-refractivity contribution in [2.45, 2.75) is 32.0 Å². The van der Waals surface area contributed by atoms with Gasteiger partial charge in [-0.1, -0.05) is 0 Å². The van der Waals surface area contributed by atoms with E-state index in [1.54, 1.807) is 6.07 Å². The molecule has 1 aliphatic rings. The second-order valence-electron chi connectivity index (χ2n) is 6.21. The summed E-state index contributed by atoms with van der Waals surface area (Å²) in [6, 6.07) is 4.92. The van der Waals surface area contributed by atoms with Gasteiger partial charge in [-0.05, 0) is 37.5 Å². The molecule has 0 atom stereocenters. The fourth-order valence-corrected chi connectivity index (χ4v) is 2.84. The Bertz CT molecular complexity index is 875. The fraction of sp³-hybridized carbons (Fsp3) is 0.412. The van der Waals surface area contributed by atoms with Gasteiger partial charge in [0, 0.05) is 31.0 Å². The number of anilines is 2. The number of pyridine rings is 1. The van der Waals surface area contributed by atoms with E-state index < -0.39 is 29.9 Å². The Balaban J connectivity index is 1.71. The summed E-state index contributed by atoms with van der Waals surface area (Å²) in [5.41, 5.74) is -1.62. The molecular weight excluding hydrogens is 363 g/mol. The van der Waals surface area contributed by atoms with E-state index in [1.807, 2.05) is 4.90 Å². The maximum atomic E-state index is 12.7. The van der Waals surface area contributed by atoms with Crippen LogP contribution in [0.15, 0.2) is 35.3 Å². The molecule has 1 amide bonds. The number of hydrogen-bond acceptors (Lipinski definition) is 5. The molecule has 0 saturated carbocycles. The standard InChI is InChI=1S/C17H18F3N5O2/c18-17(19,20)13-10-12(6-7-21-13)22-15(26)11-25-16(27)5-4-14(23-25)24-8-2-1-3-9-24/h4-7,10H,1-3,8-9,11H2,(H,21,22,26). The number of piperidine rings is 1. The van der Waals surface area contributed by atoms with Crippen molar-refractivity contribution in [2.24, 2.45) is 0 Å². The number of alkyl halides is 3. The maximum absolute atomic E-state index is 12.7. The van der Waals surface area contributed by atoms with Gasteiger partial charge >= 0.3 is 6.18 Å². The van der Waals surface area contributed by atoms with E-state index in [-0.39, 0.29) is 5.69 Å². The Morgan fingerprint density at radius 1 is 1.15 bits per heavy atom. The minimum atomic E-state index is -4.61. The molecular formula is C17H18F3N5O2. The SMILES string of the molecule is O=C(Cn1nc(N2CCCCC2)ccc1=O)Nc1ccnc(C(F)(F)F)c1. The van der Waals surface area contributed by atoms with Crippen LogP contribution in [0.4, 0.5) is 24.7 Å². The Kier molecular flexibility index (Phi) is 5.43. The molecule has 1 saturated heterocycles. The third kappa shape index (κ3) is 4.83. The van der Waals surface area contributed by atoms with Gasteiger partial charge in [0.2, 0.25) is 5.91 Å². The smallest absolute Gasteiger partial charge is 0.355 e. The van der Waals surface area contributed by atoms with Crippen LogP contribution in [0.5, 0.6) is 0 Å². The molecule has 1 aliphatic heterocycles. The van der Waals surface area contributed by atoms with Gasteiger partial charge in [-0.3, -0.25) is 14.6 Å². The van der Waals surface area contributed by atoms with Crippen LogP contribution in [0.1, 0.15) is 25.0 Å². The van der Waals surface area contributed by atoms with Crippen LogP contribution in [0.25, 0.3) is 0 Å². The van der Waals surface area contributed by atoms with Crippen molar-refractivity contribution in [1.82, 2.24) is 14.8 Å². The second-order valence-corrected chi connectivity index (χ2v) is 6.21. The first-order chi connectivity index (χ1) is 12.8. The highest BCUT2D eigenvalue weighted by atomic mass is 19.4. The van der Waals surface area contributed by atoms with E-state index in [2.05, 4.69) is 15.4 Å². The molecule has 0 aliphatic carbocycles. The van der Waals surface area contributed by atoms with E-state index in [1.165, 1.54) is 12.1 Å². The average Bonchev–Trinajstić information content (AvgIpc) is 2.64. The fourth-order valence-electron chi connectivity index (χ4n) is 2.84. The summed E-state index contributed by atoms with van der Waals surface area (Å²) in [5.74, 6) is -0.0508. The maximum Gasteiger partial charge on any atom is 0.433 e. The van der Waals surface area contributed by atoms with Gasteiger partial charge in [0.05, 0.1) is 0 Å². The normalized spacial score (nSPS) is 14.9. The third-order valence-corrected chi connectivity index (χ3v) is 4.16. The number of carbonyl (C=O) groups excluding carboxylic acids is 1. The number of hydrogen-bond donors (Lipinski definition) is 1. The number of nitrogens with one attached hydrogen (secondary N) is 1. The van der Waals surface area contributed by atoms with Crippen LogP contribution in [0.3, 0.4) is 0 Å². The third-order valence-electron chi connectivity index (χ3n) is 4.16. The quantitative estimate of drug-likeness (QED) is 0.879. The monoisotopic (exact) mass is 381 g/mol. The molecule has 0 unspecified atom stereocenters. The van der Waals surface area contributed by atoms with Gasteiger partial charge in [0.1, 0.15) is 18.1 Å². The lowest BCUT2D eigenvalue weighted by Gasteiger charge is -2.27. The van der Waals surface area contributed by atoms with Crippen molar-refractivity contribution in [2.75, 3.05) is 23.3 Å². The molecule has 3 heterocycles. The summed E-state index contributed by atoms with van der Waals surface area (Å²) in [6.07, 6.45) is -0.442. The lowest BCUT2D eigenvalue weighted by Crippen LogP contribution is -2.34. The van der Waals surface area contributed by atoms with Crippen LogP contribution >= 0.6 is 0 Å². The van der Waals surface area contributed by atoms with E-state index in [0.717, 1.165) is 49.3 Å². The Morgan fingerprint density at radius 3 is 2.59 bits per heavy atom. The van der Waals surface area contributed by atoms with Crippen LogP contribution < -0.4 is 15.8 Å². The Labute approximate surface area is 152 Å². The highest BCUT2D eigenvalue weighted by Crippen LogP contribution is 2.28. The van der Waals surface area contributed by atoms with Gasteiger partial charge in [0.25, 0.3) is 5.56 Å². The number of aromatic nitrogens is 3. The summed E-state index contributed by atoms with van der Waals surface area (Å²) in [4.78, 5) is 29.4. The van der Waals surface area contributed by atoms with Gasteiger partial charge in [-0.2, -0.15) is 18.3 Å². The van der Waals surface area contributed by atoms with Crippen molar-refractivity contribution in [3.05, 3.63) is 46.5 Å². The Morgan fingerprint density at radius 2 is 1.89 bits per heavy atom. The average molecular weight is 381 g/mol. The summed E-state index contributed by atoms with van der Waals surface area (Å²) in [5, 5.41) is 6.55. The van der Waals surface area contributed by atoms with Gasteiger partial charge in [-0.15, -0.1) is 0 Å². The molecule has 144 valence electrons. The number of carbonyl (C=O) groups is 1. The van der Waals surface area contributed by atoms with Crippen LogP contribution in [0.2, 0.25) is 0 Å². The molecule has 27 heavy (non-hydrogen) atoms. The van der Waals surface area contributed by atoms with Crippen molar-refractivity contribution < 1.29 is 18.0 Å². The molecule has 0 bridgehead atoms. The molecule has 3 rings (SSSR count). The van der Waals surface area contributed by atoms with Crippen molar-refractivity contribution >= 4 is 17.4 Å². The zero-order chi connectivity index (χ0) is 19.4. The first-order valence-electron chi connectivity index (χ1n) is 8.49. The topological polar surface area (TPSA) is 80.1 Å². The number of rotatable bonds is 4. The molecule has 1 fully saturated rings. The zero-order valence-corrected chi connectivity index (χ0v) is 14.4. The predicted molar refractivity (Wildman–Crippen MR) is 92.4 cm³/mol. The van der Waals surface area contributed by atoms with E-state index >= 15 is 0 Å². The van der Waals surface area contributed by atoms with Gasteiger partial charge < -0.3 is 10.2 Å². The molecule has 0 spiro atoms. The van der Waals surface area contributed by atoms with E-state index in [4.69, 9.17) is 0 Å². The largest absolute Gasteiger partial charge is 0.433 e. The summed E-state index contributed by atoms with van der Waals surface area (Å²) in [7, 11) is 0. The van der Waals surface area contributed by atoms with Crippen LogP contribution in [0, 0.1) is 0 Å². The number of halogens is 3. The molecule has 10 heteroatoms. The van der Waals surface area contributed by atoms with Crippen molar-refractivity contribution in [3.63, 3.8) is 0 Å². The molecule has 0 radical (unpaired) electrons. The number of amides is 1. The first kappa shape index (κ1) is 18.9. The lowest BCUT2D eigenvalue weighted by atomic mass is 10.1. The van der Waals surface area contributed by atoms with Crippen LogP contribution in [-0.4, -0.2) is 33.8 Å². The summed E-state index contributed by atoms with van der Waals surface area (Å²) < 4.78 is 39.1.